The first-order chi connectivity index (χ1) is 8.59. The molecule has 0 atom stereocenters. The van der Waals surface area contributed by atoms with E-state index >= 15 is 0 Å². The lowest BCUT2D eigenvalue weighted by Crippen LogP contribution is -2.48. The fourth-order valence-corrected chi connectivity index (χ4v) is 1.99. The minimum Gasteiger partial charge on any atom is -0.494 e. The number of ether oxygens (including phenoxy) is 1. The quantitative estimate of drug-likeness (QED) is 0.841. The molecule has 0 amide bonds. The Morgan fingerprint density at radius 3 is 2.50 bits per heavy atom. The van der Waals surface area contributed by atoms with Crippen LogP contribution in [0.1, 0.15) is 31.7 Å². The Hall–Kier alpha value is -1.16. The normalized spacial score (nSPS) is 18.4. The molecule has 0 unspecified atom stereocenters. The maximum Gasteiger partial charge on any atom is 0.251 e. The number of alkyl halides is 2. The van der Waals surface area contributed by atoms with E-state index in [9.17, 15) is 8.78 Å². The summed E-state index contributed by atoms with van der Waals surface area (Å²) in [5.41, 5.74) is 1.09. The second kappa shape index (κ2) is 5.65. The van der Waals surface area contributed by atoms with Gasteiger partial charge in [0.25, 0.3) is 5.92 Å². The molecule has 0 spiro atoms. The predicted octanol–water partition coefficient (Wildman–Crippen LogP) is 3.36. The Morgan fingerprint density at radius 1 is 1.28 bits per heavy atom. The van der Waals surface area contributed by atoms with Crippen LogP contribution in [0, 0.1) is 0 Å². The van der Waals surface area contributed by atoms with Crippen LogP contribution in [-0.4, -0.2) is 18.6 Å². The molecular weight excluding hydrogens is 236 g/mol. The van der Waals surface area contributed by atoms with Crippen molar-refractivity contribution in [2.45, 2.75) is 44.7 Å². The molecule has 0 saturated heterocycles. The Bertz CT molecular complexity index is 370. The van der Waals surface area contributed by atoms with Gasteiger partial charge in [0.1, 0.15) is 5.75 Å². The Morgan fingerprint density at radius 2 is 1.94 bits per heavy atom. The molecular formula is C14H19F2NO. The lowest BCUT2D eigenvalue weighted by Gasteiger charge is -2.35. The van der Waals surface area contributed by atoms with Gasteiger partial charge in [-0.25, -0.2) is 8.78 Å². The second-order valence-electron chi connectivity index (χ2n) is 4.83. The van der Waals surface area contributed by atoms with Crippen LogP contribution in [-0.2, 0) is 6.54 Å². The number of benzene rings is 1. The van der Waals surface area contributed by atoms with E-state index < -0.39 is 5.92 Å². The summed E-state index contributed by atoms with van der Waals surface area (Å²) in [5, 5.41) is 3.13. The zero-order chi connectivity index (χ0) is 13.0. The van der Waals surface area contributed by atoms with Gasteiger partial charge in [0.15, 0.2) is 0 Å². The van der Waals surface area contributed by atoms with E-state index in [2.05, 4.69) is 12.2 Å². The number of hydrogen-bond donors (Lipinski definition) is 1. The fourth-order valence-electron chi connectivity index (χ4n) is 1.99. The molecule has 18 heavy (non-hydrogen) atoms. The summed E-state index contributed by atoms with van der Waals surface area (Å²) in [4.78, 5) is 0. The average molecular weight is 255 g/mol. The molecule has 100 valence electrons. The van der Waals surface area contributed by atoms with Crippen molar-refractivity contribution in [1.82, 2.24) is 5.32 Å². The van der Waals surface area contributed by atoms with Gasteiger partial charge in [0, 0.05) is 25.4 Å². The average Bonchev–Trinajstić information content (AvgIpc) is 2.32. The van der Waals surface area contributed by atoms with Crippen molar-refractivity contribution in [3.8, 4) is 5.75 Å². The summed E-state index contributed by atoms with van der Waals surface area (Å²) < 4.78 is 30.7. The standard InChI is InChI=1S/C14H19F2NO/c1-2-7-18-13-5-3-11(4-6-13)10-17-12-8-14(15,16)9-12/h3-6,12,17H,2,7-10H2,1H3. The van der Waals surface area contributed by atoms with E-state index in [4.69, 9.17) is 4.74 Å². The molecule has 1 aliphatic carbocycles. The van der Waals surface area contributed by atoms with Gasteiger partial charge in [-0.2, -0.15) is 0 Å². The van der Waals surface area contributed by atoms with Crippen LogP contribution in [0.5, 0.6) is 5.75 Å². The van der Waals surface area contributed by atoms with Crippen molar-refractivity contribution in [2.75, 3.05) is 6.61 Å². The summed E-state index contributed by atoms with van der Waals surface area (Å²) in [5.74, 6) is -1.59. The number of hydrogen-bond acceptors (Lipinski definition) is 2. The molecule has 0 heterocycles. The molecule has 2 rings (SSSR count). The van der Waals surface area contributed by atoms with Gasteiger partial charge in [0.2, 0.25) is 0 Å². The highest BCUT2D eigenvalue weighted by molar-refractivity contribution is 5.27. The zero-order valence-electron chi connectivity index (χ0n) is 10.6. The molecule has 1 aromatic carbocycles. The highest BCUT2D eigenvalue weighted by atomic mass is 19.3. The van der Waals surface area contributed by atoms with Gasteiger partial charge in [-0.3, -0.25) is 0 Å². The first-order valence-corrected chi connectivity index (χ1v) is 6.42. The van der Waals surface area contributed by atoms with Gasteiger partial charge in [-0.15, -0.1) is 0 Å². The van der Waals surface area contributed by atoms with Crippen molar-refractivity contribution >= 4 is 0 Å². The molecule has 1 fully saturated rings. The molecule has 0 radical (unpaired) electrons. The minimum atomic E-state index is -2.45. The molecule has 1 N–H and O–H groups in total. The van der Waals surface area contributed by atoms with Gasteiger partial charge in [-0.05, 0) is 24.1 Å². The van der Waals surface area contributed by atoms with E-state index in [0.717, 1.165) is 24.3 Å². The van der Waals surface area contributed by atoms with Crippen molar-refractivity contribution in [3.63, 3.8) is 0 Å². The van der Waals surface area contributed by atoms with Crippen LogP contribution in [0.2, 0.25) is 0 Å². The van der Waals surface area contributed by atoms with Crippen LogP contribution in [0.4, 0.5) is 8.78 Å². The van der Waals surface area contributed by atoms with Gasteiger partial charge in [-0.1, -0.05) is 19.1 Å². The van der Waals surface area contributed by atoms with Crippen molar-refractivity contribution in [2.24, 2.45) is 0 Å². The number of nitrogens with one attached hydrogen (secondary N) is 1. The van der Waals surface area contributed by atoms with Crippen LogP contribution in [0.15, 0.2) is 24.3 Å². The van der Waals surface area contributed by atoms with Crippen LogP contribution in [0.25, 0.3) is 0 Å². The van der Waals surface area contributed by atoms with E-state index in [1.54, 1.807) is 0 Å². The van der Waals surface area contributed by atoms with Crippen LogP contribution in [0.3, 0.4) is 0 Å². The summed E-state index contributed by atoms with van der Waals surface area (Å²) in [6, 6.07) is 7.73. The Balaban J connectivity index is 1.73. The minimum absolute atomic E-state index is 0.0370. The largest absolute Gasteiger partial charge is 0.494 e. The van der Waals surface area contributed by atoms with Crippen molar-refractivity contribution in [3.05, 3.63) is 29.8 Å². The monoisotopic (exact) mass is 255 g/mol. The smallest absolute Gasteiger partial charge is 0.251 e. The molecule has 0 aliphatic heterocycles. The summed E-state index contributed by atoms with van der Waals surface area (Å²) in [6.07, 6.45) is 0.911. The Labute approximate surface area is 106 Å². The van der Waals surface area contributed by atoms with Crippen molar-refractivity contribution in [1.29, 1.82) is 0 Å². The van der Waals surface area contributed by atoms with E-state index in [1.807, 2.05) is 24.3 Å². The highest BCUT2D eigenvalue weighted by Gasteiger charge is 2.44. The maximum absolute atomic E-state index is 12.6. The predicted molar refractivity (Wildman–Crippen MR) is 67.0 cm³/mol. The zero-order valence-corrected chi connectivity index (χ0v) is 10.6. The topological polar surface area (TPSA) is 21.3 Å². The molecule has 0 aromatic heterocycles. The molecule has 4 heteroatoms. The lowest BCUT2D eigenvalue weighted by atomic mass is 9.88. The molecule has 0 bridgehead atoms. The Kier molecular flexibility index (Phi) is 4.17. The van der Waals surface area contributed by atoms with Crippen LogP contribution < -0.4 is 10.1 Å². The number of halogens is 2. The van der Waals surface area contributed by atoms with E-state index in [0.29, 0.717) is 6.54 Å². The lowest BCUT2D eigenvalue weighted by molar-refractivity contribution is -0.0930. The van der Waals surface area contributed by atoms with E-state index in [1.165, 1.54) is 0 Å². The van der Waals surface area contributed by atoms with Gasteiger partial charge >= 0.3 is 0 Å². The van der Waals surface area contributed by atoms with Crippen LogP contribution >= 0.6 is 0 Å². The highest BCUT2D eigenvalue weighted by Crippen LogP contribution is 2.37. The SMILES string of the molecule is CCCOc1ccc(CNC2CC(F)(F)C2)cc1. The van der Waals surface area contributed by atoms with Gasteiger partial charge < -0.3 is 10.1 Å². The van der Waals surface area contributed by atoms with Gasteiger partial charge in [0.05, 0.1) is 6.61 Å². The summed E-state index contributed by atoms with van der Waals surface area (Å²) >= 11 is 0. The summed E-state index contributed by atoms with van der Waals surface area (Å²) in [7, 11) is 0. The fraction of sp³-hybridized carbons (Fsp3) is 0.571. The number of rotatable bonds is 6. The first kappa shape index (κ1) is 13.3. The first-order valence-electron chi connectivity index (χ1n) is 6.42. The third kappa shape index (κ3) is 3.67. The molecule has 1 aromatic rings. The molecule has 1 saturated carbocycles. The summed E-state index contributed by atoms with van der Waals surface area (Å²) in [6.45, 7) is 3.41. The van der Waals surface area contributed by atoms with Crippen molar-refractivity contribution < 1.29 is 13.5 Å². The molecule has 1 aliphatic rings. The second-order valence-corrected chi connectivity index (χ2v) is 4.83. The third-order valence-electron chi connectivity index (χ3n) is 3.08. The third-order valence-corrected chi connectivity index (χ3v) is 3.08. The van der Waals surface area contributed by atoms with E-state index in [-0.39, 0.29) is 18.9 Å². The maximum atomic E-state index is 12.6. The molecule has 2 nitrogen and oxygen atoms in total.